The number of carbonyl (C=O) groups is 2. The Hall–Kier alpha value is -3.13. The number of esters is 1. The van der Waals surface area contributed by atoms with E-state index in [1.165, 1.54) is 18.4 Å². The molecule has 0 saturated carbocycles. The van der Waals surface area contributed by atoms with Crippen LogP contribution in [0.25, 0.3) is 10.2 Å². The van der Waals surface area contributed by atoms with Gasteiger partial charge in [0.1, 0.15) is 13.2 Å². The van der Waals surface area contributed by atoms with E-state index in [1.54, 1.807) is 6.07 Å². The van der Waals surface area contributed by atoms with E-state index in [0.29, 0.717) is 41.6 Å². The van der Waals surface area contributed by atoms with Crippen LogP contribution in [0.5, 0.6) is 11.5 Å². The molecule has 30 heavy (non-hydrogen) atoms. The monoisotopic (exact) mass is 426 g/mol. The molecule has 0 saturated heterocycles. The molecule has 2 heterocycles. The predicted octanol–water partition coefficient (Wildman–Crippen LogP) is 3.40. The van der Waals surface area contributed by atoms with E-state index in [2.05, 4.69) is 4.99 Å². The van der Waals surface area contributed by atoms with Gasteiger partial charge in [-0.05, 0) is 37.1 Å². The number of thiazole rings is 1. The average molecular weight is 426 g/mol. The van der Waals surface area contributed by atoms with Crippen LogP contribution in [0.15, 0.2) is 35.3 Å². The van der Waals surface area contributed by atoms with Crippen molar-refractivity contribution >= 4 is 33.4 Å². The zero-order valence-electron chi connectivity index (χ0n) is 17.1. The minimum Gasteiger partial charge on any atom is -0.486 e. The van der Waals surface area contributed by atoms with Crippen molar-refractivity contribution < 1.29 is 23.8 Å². The summed E-state index contributed by atoms with van der Waals surface area (Å²) in [6, 6.07) is 9.30. The quantitative estimate of drug-likeness (QED) is 0.598. The summed E-state index contributed by atoms with van der Waals surface area (Å²) in [5, 5.41) is 0. The summed E-state index contributed by atoms with van der Waals surface area (Å²) in [4.78, 5) is 29.5. The maximum absolute atomic E-state index is 12.8. The third-order valence-corrected chi connectivity index (χ3v) is 6.11. The van der Waals surface area contributed by atoms with Crippen molar-refractivity contribution in [1.29, 1.82) is 0 Å². The summed E-state index contributed by atoms with van der Waals surface area (Å²) in [6.07, 6.45) is 0.168. The fourth-order valence-corrected chi connectivity index (χ4v) is 4.30. The van der Waals surface area contributed by atoms with Crippen molar-refractivity contribution in [2.24, 2.45) is 4.99 Å². The van der Waals surface area contributed by atoms with E-state index in [1.807, 2.05) is 42.7 Å². The first-order valence-corrected chi connectivity index (χ1v) is 10.4. The van der Waals surface area contributed by atoms with Crippen molar-refractivity contribution in [3.05, 3.63) is 51.8 Å². The number of fused-ring (bicyclic) bond motifs is 2. The van der Waals surface area contributed by atoms with Gasteiger partial charge in [-0.1, -0.05) is 17.4 Å². The van der Waals surface area contributed by atoms with Crippen LogP contribution in [0.4, 0.5) is 0 Å². The number of carbonyl (C=O) groups excluding carboxylic acids is 2. The highest BCUT2D eigenvalue weighted by Crippen LogP contribution is 2.35. The normalized spacial score (nSPS) is 13.5. The minimum atomic E-state index is -0.328. The molecule has 3 aromatic rings. The zero-order valence-corrected chi connectivity index (χ0v) is 17.9. The number of amides is 1. The van der Waals surface area contributed by atoms with Crippen LogP contribution in [0.1, 0.15) is 27.9 Å². The Labute approximate surface area is 177 Å². The molecule has 2 aromatic carbocycles. The lowest BCUT2D eigenvalue weighted by atomic mass is 10.1. The van der Waals surface area contributed by atoms with Crippen molar-refractivity contribution in [2.45, 2.75) is 26.8 Å². The summed E-state index contributed by atoms with van der Waals surface area (Å²) in [6.45, 7) is 5.28. The van der Waals surface area contributed by atoms with Crippen molar-refractivity contribution in [3.63, 3.8) is 0 Å². The maximum atomic E-state index is 12.8. The lowest BCUT2D eigenvalue weighted by Crippen LogP contribution is -2.19. The topological polar surface area (TPSA) is 79.1 Å². The van der Waals surface area contributed by atoms with Gasteiger partial charge in [-0.2, -0.15) is 4.99 Å². The van der Waals surface area contributed by atoms with Crippen LogP contribution in [0.2, 0.25) is 0 Å². The lowest BCUT2D eigenvalue weighted by Gasteiger charge is -2.18. The van der Waals surface area contributed by atoms with Gasteiger partial charge in [-0.15, -0.1) is 0 Å². The molecule has 4 rings (SSSR count). The Balaban J connectivity index is 1.81. The first-order valence-electron chi connectivity index (χ1n) is 9.62. The first kappa shape index (κ1) is 20.2. The van der Waals surface area contributed by atoms with E-state index in [0.717, 1.165) is 21.3 Å². The fourth-order valence-electron chi connectivity index (χ4n) is 3.24. The average Bonchev–Trinajstić information content (AvgIpc) is 3.07. The molecule has 0 bridgehead atoms. The molecule has 8 heteroatoms. The fraction of sp³-hybridized carbons (Fsp3) is 0.318. The van der Waals surface area contributed by atoms with Crippen molar-refractivity contribution in [1.82, 2.24) is 4.57 Å². The Morgan fingerprint density at radius 1 is 1.10 bits per heavy atom. The highest BCUT2D eigenvalue weighted by Gasteiger charge is 2.18. The van der Waals surface area contributed by atoms with Gasteiger partial charge in [0.2, 0.25) is 0 Å². The van der Waals surface area contributed by atoms with Crippen LogP contribution in [-0.4, -0.2) is 36.8 Å². The highest BCUT2D eigenvalue weighted by atomic mass is 32.1. The molecule has 0 spiro atoms. The first-order chi connectivity index (χ1) is 14.5. The van der Waals surface area contributed by atoms with Crippen LogP contribution < -0.4 is 14.3 Å². The molecule has 1 aliphatic rings. The molecule has 0 N–H and O–H groups in total. The minimum absolute atomic E-state index is 0.168. The smallest absolute Gasteiger partial charge is 0.307 e. The molecule has 156 valence electrons. The summed E-state index contributed by atoms with van der Waals surface area (Å²) in [7, 11) is 1.36. The van der Waals surface area contributed by atoms with E-state index < -0.39 is 0 Å². The Morgan fingerprint density at radius 3 is 2.53 bits per heavy atom. The maximum Gasteiger partial charge on any atom is 0.307 e. The number of methoxy groups -OCH3 is 1. The van der Waals surface area contributed by atoms with Gasteiger partial charge >= 0.3 is 5.97 Å². The van der Waals surface area contributed by atoms with Crippen molar-refractivity contribution in [3.8, 4) is 11.5 Å². The van der Waals surface area contributed by atoms with E-state index in [-0.39, 0.29) is 18.3 Å². The molecule has 1 aromatic heterocycles. The summed E-state index contributed by atoms with van der Waals surface area (Å²) in [5.74, 6) is 0.659. The standard InChI is InChI=1S/C22H22N2O5S/c1-13-4-5-15(10-14(13)2)21(26)23-22-24(7-6-20(25)27-3)16-11-17-18(12-19(16)30-22)29-9-8-28-17/h4-5,10-12H,6-9H2,1-3H3. The van der Waals surface area contributed by atoms with E-state index in [4.69, 9.17) is 14.2 Å². The molecular formula is C22H22N2O5S. The molecule has 0 aliphatic carbocycles. The van der Waals surface area contributed by atoms with Gasteiger partial charge in [0.05, 0.1) is 23.7 Å². The highest BCUT2D eigenvalue weighted by molar-refractivity contribution is 7.16. The van der Waals surface area contributed by atoms with Crippen LogP contribution >= 0.6 is 11.3 Å². The van der Waals surface area contributed by atoms with Crippen LogP contribution in [0.3, 0.4) is 0 Å². The van der Waals surface area contributed by atoms with E-state index in [9.17, 15) is 9.59 Å². The van der Waals surface area contributed by atoms with Gasteiger partial charge < -0.3 is 18.8 Å². The van der Waals surface area contributed by atoms with Gasteiger partial charge in [0.15, 0.2) is 16.3 Å². The molecule has 0 fully saturated rings. The van der Waals surface area contributed by atoms with Crippen LogP contribution in [-0.2, 0) is 16.1 Å². The Morgan fingerprint density at radius 2 is 1.83 bits per heavy atom. The number of ether oxygens (including phenoxy) is 3. The SMILES string of the molecule is COC(=O)CCn1c(=NC(=O)c2ccc(C)c(C)c2)sc2cc3c(cc21)OCCO3. The number of hydrogen-bond donors (Lipinski definition) is 0. The number of aryl methyl sites for hydroxylation is 3. The number of hydrogen-bond acceptors (Lipinski definition) is 6. The summed E-state index contributed by atoms with van der Waals surface area (Å²) in [5.41, 5.74) is 3.51. The second-order valence-electron chi connectivity index (χ2n) is 7.04. The van der Waals surface area contributed by atoms with Gasteiger partial charge in [0, 0.05) is 24.2 Å². The van der Waals surface area contributed by atoms with E-state index >= 15 is 0 Å². The summed E-state index contributed by atoms with van der Waals surface area (Å²) < 4.78 is 18.9. The molecular weight excluding hydrogens is 404 g/mol. The third kappa shape index (κ3) is 3.95. The molecule has 1 aliphatic heterocycles. The van der Waals surface area contributed by atoms with Gasteiger partial charge in [-0.3, -0.25) is 9.59 Å². The predicted molar refractivity (Wildman–Crippen MR) is 113 cm³/mol. The Kier molecular flexibility index (Phi) is 5.59. The third-order valence-electron chi connectivity index (χ3n) is 5.06. The molecule has 0 unspecified atom stereocenters. The zero-order chi connectivity index (χ0) is 21.3. The number of aromatic nitrogens is 1. The van der Waals surface area contributed by atoms with Crippen molar-refractivity contribution in [2.75, 3.05) is 20.3 Å². The second-order valence-corrected chi connectivity index (χ2v) is 8.05. The second kappa shape index (κ2) is 8.31. The number of benzene rings is 2. The summed E-state index contributed by atoms with van der Waals surface area (Å²) >= 11 is 1.37. The molecule has 7 nitrogen and oxygen atoms in total. The molecule has 0 atom stereocenters. The molecule has 0 radical (unpaired) electrons. The largest absolute Gasteiger partial charge is 0.486 e. The Bertz CT molecular complexity index is 1210. The van der Waals surface area contributed by atoms with Gasteiger partial charge in [-0.25, -0.2) is 0 Å². The number of nitrogens with zero attached hydrogens (tertiary/aromatic N) is 2. The van der Waals surface area contributed by atoms with Gasteiger partial charge in [0.25, 0.3) is 5.91 Å². The lowest BCUT2D eigenvalue weighted by molar-refractivity contribution is -0.140. The number of rotatable bonds is 4. The molecule has 1 amide bonds. The van der Waals surface area contributed by atoms with Crippen LogP contribution in [0, 0.1) is 13.8 Å².